The number of nitrogens with one attached hydrogen (secondary N) is 1. The largest absolute Gasteiger partial charge is 0.378 e. The summed E-state index contributed by atoms with van der Waals surface area (Å²) in [6.45, 7) is 6.21. The third kappa shape index (κ3) is 4.28. The number of hydrogen-bond donors (Lipinski definition) is 2. The lowest BCUT2D eigenvalue weighted by atomic mass is 9.98. The van der Waals surface area contributed by atoms with Crippen LogP contribution >= 0.6 is 0 Å². The smallest absolute Gasteiger partial charge is 0.224 e. The van der Waals surface area contributed by atoms with Gasteiger partial charge in [-0.3, -0.25) is 4.79 Å². The highest BCUT2D eigenvalue weighted by atomic mass is 16.5. The number of ether oxygens (including phenoxy) is 1. The Morgan fingerprint density at radius 1 is 1.53 bits per heavy atom. The second-order valence-corrected chi connectivity index (χ2v) is 4.83. The summed E-state index contributed by atoms with van der Waals surface area (Å²) >= 11 is 0. The predicted molar refractivity (Wildman–Crippen MR) is 68.6 cm³/mol. The molecule has 0 aliphatic carbocycles. The Bertz CT molecular complexity index is 233. The zero-order valence-electron chi connectivity index (χ0n) is 11.1. The molecule has 100 valence electrons. The summed E-state index contributed by atoms with van der Waals surface area (Å²) in [6.07, 6.45) is 4.27. The molecule has 1 fully saturated rings. The van der Waals surface area contributed by atoms with Crippen molar-refractivity contribution >= 4 is 5.91 Å². The molecule has 0 aromatic rings. The van der Waals surface area contributed by atoms with Gasteiger partial charge in [-0.05, 0) is 19.3 Å². The third-order valence-electron chi connectivity index (χ3n) is 3.58. The van der Waals surface area contributed by atoms with E-state index in [1.807, 2.05) is 0 Å². The van der Waals surface area contributed by atoms with Crippen LogP contribution in [0.15, 0.2) is 0 Å². The molecule has 3 unspecified atom stereocenters. The monoisotopic (exact) mass is 242 g/mol. The van der Waals surface area contributed by atoms with Crippen LogP contribution < -0.4 is 11.1 Å². The molecule has 0 radical (unpaired) electrons. The molecule has 0 spiro atoms. The second-order valence-electron chi connectivity index (χ2n) is 4.83. The Balaban J connectivity index is 2.31. The Morgan fingerprint density at radius 2 is 2.29 bits per heavy atom. The van der Waals surface area contributed by atoms with Gasteiger partial charge in [0.25, 0.3) is 0 Å². The standard InChI is InChI=1S/C13H26N2O2/c1-3-5-10(8-14)13(16)15-9-11-6-7-17-12(11)4-2/h10-12H,3-9,14H2,1-2H3,(H,15,16). The van der Waals surface area contributed by atoms with Crippen LogP contribution in [-0.4, -0.2) is 31.7 Å². The number of carbonyl (C=O) groups is 1. The van der Waals surface area contributed by atoms with E-state index in [1.54, 1.807) is 0 Å². The first-order valence-electron chi connectivity index (χ1n) is 6.82. The van der Waals surface area contributed by atoms with Crippen LogP contribution in [0.3, 0.4) is 0 Å². The van der Waals surface area contributed by atoms with Crippen LogP contribution in [0.25, 0.3) is 0 Å². The lowest BCUT2D eigenvalue weighted by Gasteiger charge is -2.19. The van der Waals surface area contributed by atoms with E-state index in [-0.39, 0.29) is 11.8 Å². The van der Waals surface area contributed by atoms with Crippen LogP contribution in [0, 0.1) is 11.8 Å². The van der Waals surface area contributed by atoms with Crippen molar-refractivity contribution in [3.05, 3.63) is 0 Å². The minimum Gasteiger partial charge on any atom is -0.378 e. The molecule has 0 bridgehead atoms. The van der Waals surface area contributed by atoms with E-state index in [1.165, 1.54) is 0 Å². The average molecular weight is 242 g/mol. The molecule has 0 aromatic heterocycles. The molecule has 3 atom stereocenters. The average Bonchev–Trinajstić information content (AvgIpc) is 2.80. The van der Waals surface area contributed by atoms with Crippen LogP contribution in [0.5, 0.6) is 0 Å². The van der Waals surface area contributed by atoms with E-state index in [0.29, 0.717) is 18.6 Å². The highest BCUT2D eigenvalue weighted by Crippen LogP contribution is 2.22. The predicted octanol–water partition coefficient (Wildman–Crippen LogP) is 1.29. The molecule has 1 saturated heterocycles. The van der Waals surface area contributed by atoms with Gasteiger partial charge in [-0.15, -0.1) is 0 Å². The lowest BCUT2D eigenvalue weighted by Crippen LogP contribution is -2.39. The van der Waals surface area contributed by atoms with E-state index in [9.17, 15) is 4.79 Å². The molecule has 4 heteroatoms. The molecule has 4 nitrogen and oxygen atoms in total. The van der Waals surface area contributed by atoms with E-state index in [2.05, 4.69) is 19.2 Å². The fourth-order valence-corrected chi connectivity index (χ4v) is 2.46. The van der Waals surface area contributed by atoms with Gasteiger partial charge in [0.15, 0.2) is 0 Å². The zero-order valence-corrected chi connectivity index (χ0v) is 11.1. The molecule has 0 saturated carbocycles. The Labute approximate surface area is 104 Å². The van der Waals surface area contributed by atoms with Gasteiger partial charge in [-0.2, -0.15) is 0 Å². The van der Waals surface area contributed by atoms with Gasteiger partial charge in [-0.25, -0.2) is 0 Å². The number of carbonyl (C=O) groups excluding carboxylic acids is 1. The van der Waals surface area contributed by atoms with Crippen LogP contribution in [0.2, 0.25) is 0 Å². The number of amides is 1. The summed E-state index contributed by atoms with van der Waals surface area (Å²) in [6, 6.07) is 0. The van der Waals surface area contributed by atoms with Crippen molar-refractivity contribution in [2.45, 2.75) is 45.6 Å². The molecule has 1 heterocycles. The van der Waals surface area contributed by atoms with Crippen molar-refractivity contribution in [1.82, 2.24) is 5.32 Å². The quantitative estimate of drug-likeness (QED) is 0.707. The van der Waals surface area contributed by atoms with E-state index in [0.717, 1.165) is 38.8 Å². The van der Waals surface area contributed by atoms with Crippen LogP contribution in [-0.2, 0) is 9.53 Å². The van der Waals surface area contributed by atoms with Gasteiger partial charge >= 0.3 is 0 Å². The molecular formula is C13H26N2O2. The van der Waals surface area contributed by atoms with E-state index in [4.69, 9.17) is 10.5 Å². The summed E-state index contributed by atoms with van der Waals surface area (Å²) < 4.78 is 5.61. The summed E-state index contributed by atoms with van der Waals surface area (Å²) in [4.78, 5) is 11.9. The molecule has 0 aromatic carbocycles. The van der Waals surface area contributed by atoms with Crippen molar-refractivity contribution in [2.24, 2.45) is 17.6 Å². The van der Waals surface area contributed by atoms with Crippen molar-refractivity contribution in [2.75, 3.05) is 19.7 Å². The first kappa shape index (κ1) is 14.5. The summed E-state index contributed by atoms with van der Waals surface area (Å²) in [5.41, 5.74) is 5.61. The molecular weight excluding hydrogens is 216 g/mol. The highest BCUT2D eigenvalue weighted by Gasteiger charge is 2.27. The van der Waals surface area contributed by atoms with Crippen LogP contribution in [0.4, 0.5) is 0 Å². The van der Waals surface area contributed by atoms with Gasteiger partial charge in [0.1, 0.15) is 0 Å². The minimum atomic E-state index is -0.0256. The fraction of sp³-hybridized carbons (Fsp3) is 0.923. The minimum absolute atomic E-state index is 0.0256. The van der Waals surface area contributed by atoms with Gasteiger partial charge in [0.05, 0.1) is 12.0 Å². The first-order valence-corrected chi connectivity index (χ1v) is 6.82. The Hall–Kier alpha value is -0.610. The van der Waals surface area contributed by atoms with Gasteiger partial charge in [-0.1, -0.05) is 20.3 Å². The second kappa shape index (κ2) is 7.67. The molecule has 1 aliphatic heterocycles. The normalized spacial score (nSPS) is 25.8. The fourth-order valence-electron chi connectivity index (χ4n) is 2.46. The Kier molecular flexibility index (Phi) is 6.52. The van der Waals surface area contributed by atoms with Gasteiger partial charge < -0.3 is 15.8 Å². The highest BCUT2D eigenvalue weighted by molar-refractivity contribution is 5.78. The summed E-state index contributed by atoms with van der Waals surface area (Å²) in [7, 11) is 0. The molecule has 3 N–H and O–H groups in total. The SMILES string of the molecule is CCCC(CN)C(=O)NCC1CCOC1CC. The van der Waals surface area contributed by atoms with Crippen molar-refractivity contribution in [1.29, 1.82) is 0 Å². The van der Waals surface area contributed by atoms with Gasteiger partial charge in [0.2, 0.25) is 5.91 Å². The summed E-state index contributed by atoms with van der Waals surface area (Å²) in [5.74, 6) is 0.558. The maximum absolute atomic E-state index is 11.9. The van der Waals surface area contributed by atoms with Crippen molar-refractivity contribution in [3.8, 4) is 0 Å². The maximum atomic E-state index is 11.9. The lowest BCUT2D eigenvalue weighted by molar-refractivity contribution is -0.125. The maximum Gasteiger partial charge on any atom is 0.224 e. The number of hydrogen-bond acceptors (Lipinski definition) is 3. The van der Waals surface area contributed by atoms with Crippen molar-refractivity contribution in [3.63, 3.8) is 0 Å². The summed E-state index contributed by atoms with van der Waals surface area (Å²) in [5, 5.41) is 3.03. The zero-order chi connectivity index (χ0) is 12.7. The topological polar surface area (TPSA) is 64.4 Å². The Morgan fingerprint density at radius 3 is 2.88 bits per heavy atom. The third-order valence-corrected chi connectivity index (χ3v) is 3.58. The number of nitrogens with two attached hydrogens (primary N) is 1. The molecule has 17 heavy (non-hydrogen) atoms. The van der Waals surface area contributed by atoms with Gasteiger partial charge in [0, 0.05) is 25.6 Å². The number of rotatable bonds is 7. The van der Waals surface area contributed by atoms with Crippen LogP contribution in [0.1, 0.15) is 39.5 Å². The first-order chi connectivity index (χ1) is 8.22. The van der Waals surface area contributed by atoms with E-state index < -0.39 is 0 Å². The molecule has 1 aliphatic rings. The van der Waals surface area contributed by atoms with E-state index >= 15 is 0 Å². The van der Waals surface area contributed by atoms with Crippen molar-refractivity contribution < 1.29 is 9.53 Å². The molecule has 1 amide bonds. The molecule has 1 rings (SSSR count).